The molecule has 0 bridgehead atoms. The normalized spacial score (nSPS) is 11.0. The Morgan fingerprint density at radius 1 is 0.625 bits per heavy atom. The minimum Gasteiger partial charge on any atom is 0.187 e. The number of unbranched alkanes of at least 4 members (excludes halogenated alkanes) is 4. The minimum atomic E-state index is -3.66. The fraction of sp³-hybridized carbons (Fsp3) is 0.864. The fourth-order valence-corrected chi connectivity index (χ4v) is 44.8. The van der Waals surface area contributed by atoms with Crippen LogP contribution >= 0.6 is 0 Å². The molecular formula is C22H49AlO7Sn2. The zero-order valence-corrected chi connectivity index (χ0v) is 26.6. The molecule has 7 nitrogen and oxygen atoms in total. The van der Waals surface area contributed by atoms with Crippen LogP contribution < -0.4 is 0 Å². The molecule has 1 N–H and O–H groups in total. The molecule has 32 heavy (non-hydrogen) atoms. The Balaban J connectivity index is -0.00000154. The molecule has 0 aromatic rings. The number of carbonyl (C=O) groups excluding carboxylic acids is 2. The molecule has 0 aliphatic carbocycles. The van der Waals surface area contributed by atoms with Gasteiger partial charge in [-0.2, -0.15) is 0 Å². The Bertz CT molecular complexity index is 461. The van der Waals surface area contributed by atoms with Crippen LogP contribution in [0.4, 0.5) is 0 Å². The summed E-state index contributed by atoms with van der Waals surface area (Å²) in [4.78, 5) is 33.0. The zero-order valence-electron chi connectivity index (χ0n) is 20.9. The number of rotatable bonds is 16. The Morgan fingerprint density at radius 3 is 1.00 bits per heavy atom. The molecule has 0 aromatic carbocycles. The molecule has 0 spiro atoms. The maximum atomic E-state index is 12.0. The summed E-state index contributed by atoms with van der Waals surface area (Å²) in [6.07, 6.45) is 8.25. The molecule has 0 atom stereocenters. The molecule has 0 saturated heterocycles. The number of carbonyl (C=O) groups is 3. The zero-order chi connectivity index (χ0) is 24.3. The van der Waals surface area contributed by atoms with Gasteiger partial charge in [0.25, 0.3) is 5.97 Å². The Labute approximate surface area is 216 Å². The van der Waals surface area contributed by atoms with Gasteiger partial charge in [0.1, 0.15) is 0 Å². The predicted octanol–water partition coefficient (Wildman–Crippen LogP) is 5.12. The molecule has 0 radical (unpaired) electrons. The van der Waals surface area contributed by atoms with Crippen LogP contribution in [0.2, 0.25) is 17.7 Å². The number of carboxylic acids is 1. The molecule has 0 fully saturated rings. The maximum absolute atomic E-state index is 12.0. The first-order valence-corrected chi connectivity index (χ1v) is 24.5. The van der Waals surface area contributed by atoms with Crippen LogP contribution in [0.1, 0.15) is 99.8 Å². The van der Waals surface area contributed by atoms with E-state index in [1.54, 1.807) is 0 Å². The Hall–Kier alpha value is 0.500. The van der Waals surface area contributed by atoms with E-state index in [1.165, 1.54) is 13.8 Å². The molecule has 190 valence electrons. The summed E-state index contributed by atoms with van der Waals surface area (Å²) in [6.45, 7) is 12.7. The monoisotopic (exact) mass is 692 g/mol. The van der Waals surface area contributed by atoms with E-state index in [0.717, 1.165) is 76.0 Å². The van der Waals surface area contributed by atoms with Gasteiger partial charge in [-0.1, -0.05) is 0 Å². The quantitative estimate of drug-likeness (QED) is 0.225. The average molecular weight is 690 g/mol. The van der Waals surface area contributed by atoms with Crippen LogP contribution in [0.25, 0.3) is 0 Å². The summed E-state index contributed by atoms with van der Waals surface area (Å²) in [5.74, 6) is -1.29. The average Bonchev–Trinajstić information content (AvgIpc) is 2.66. The summed E-state index contributed by atoms with van der Waals surface area (Å²) in [5, 5.41) is 7.42. The van der Waals surface area contributed by atoms with Gasteiger partial charge in [-0.25, -0.2) is 0 Å². The van der Waals surface area contributed by atoms with Gasteiger partial charge in [0.15, 0.2) is 17.4 Å². The Kier molecular flexibility index (Phi) is 25.5. The van der Waals surface area contributed by atoms with Crippen molar-refractivity contribution in [2.24, 2.45) is 0 Å². The third kappa shape index (κ3) is 19.9. The molecule has 0 unspecified atom stereocenters. The predicted molar refractivity (Wildman–Crippen MR) is 138 cm³/mol. The largest absolute Gasteiger partial charge is 0.187 e. The van der Waals surface area contributed by atoms with Crippen LogP contribution in [0, 0.1) is 0 Å². The van der Waals surface area contributed by atoms with Crippen molar-refractivity contribution < 1.29 is 27.0 Å². The minimum absolute atomic E-state index is 0. The molecule has 0 heterocycles. The van der Waals surface area contributed by atoms with E-state index in [1.807, 2.05) is 0 Å². The van der Waals surface area contributed by atoms with Crippen molar-refractivity contribution >= 4 is 73.7 Å². The van der Waals surface area contributed by atoms with Gasteiger partial charge < -0.3 is 5.11 Å². The van der Waals surface area contributed by atoms with Crippen molar-refractivity contribution in [1.29, 1.82) is 0 Å². The van der Waals surface area contributed by atoms with Crippen molar-refractivity contribution in [2.45, 2.75) is 118 Å². The second-order valence-corrected chi connectivity index (χ2v) is 29.8. The van der Waals surface area contributed by atoms with Crippen LogP contribution in [0.3, 0.4) is 0 Å². The third-order valence-electron chi connectivity index (χ3n) is 4.68. The third-order valence-corrected chi connectivity index (χ3v) is 37.5. The van der Waals surface area contributed by atoms with E-state index in [4.69, 9.17) is 17.5 Å². The van der Waals surface area contributed by atoms with Gasteiger partial charge in [0.2, 0.25) is 0 Å². The fourth-order valence-electron chi connectivity index (χ4n) is 3.35. The first kappa shape index (κ1) is 37.1. The molecule has 0 saturated carbocycles. The van der Waals surface area contributed by atoms with Crippen LogP contribution in [0.15, 0.2) is 0 Å². The van der Waals surface area contributed by atoms with E-state index >= 15 is 0 Å². The molecule has 0 rings (SSSR count). The number of carboxylic acid groups (broad SMARTS) is 1. The summed E-state index contributed by atoms with van der Waals surface area (Å²) in [5.41, 5.74) is 0. The molecule has 0 aliphatic rings. The molecule has 0 aliphatic heterocycles. The SMILES string of the molecule is CC(=O)O.CCC[CH2][Sn]([CH2]CCC)([O]C(C)=O)[O][Sn]([CH2]CCC)([CH2]CCC)[O]C(C)=O.[AlH3]. The van der Waals surface area contributed by atoms with E-state index in [0.29, 0.717) is 0 Å². The van der Waals surface area contributed by atoms with E-state index in [2.05, 4.69) is 27.7 Å². The summed E-state index contributed by atoms with van der Waals surface area (Å²) in [7, 11) is 0. The van der Waals surface area contributed by atoms with Crippen molar-refractivity contribution in [1.82, 2.24) is 0 Å². The van der Waals surface area contributed by atoms with Crippen LogP contribution in [-0.2, 0) is 21.9 Å². The summed E-state index contributed by atoms with van der Waals surface area (Å²) >= 11 is -7.31. The van der Waals surface area contributed by atoms with Gasteiger partial charge >= 0.3 is 178 Å². The number of hydrogen-bond donors (Lipinski definition) is 1. The smallest absolute Gasteiger partial charge is 0.187 e. The van der Waals surface area contributed by atoms with E-state index in [9.17, 15) is 9.59 Å². The topological polar surface area (TPSA) is 99.1 Å². The standard InChI is InChI=1S/4C4H9.3C2H4O2.Al.O.2Sn.3H/c4*1-3-4-2;3*1-2(3)4;;;;;;;/h4*1,3-4H2,2H3;3*1H3,(H,3,4);;;;;;;/q;;;;;;;;;2*+1;;;/p-2. The van der Waals surface area contributed by atoms with Crippen LogP contribution in [0.5, 0.6) is 0 Å². The summed E-state index contributed by atoms with van der Waals surface area (Å²) in [6, 6.07) is 0. The van der Waals surface area contributed by atoms with Crippen molar-refractivity contribution in [3.8, 4) is 0 Å². The summed E-state index contributed by atoms with van der Waals surface area (Å²) < 4.78 is 22.6. The van der Waals surface area contributed by atoms with E-state index in [-0.39, 0.29) is 29.3 Å². The second kappa shape index (κ2) is 22.0. The molecule has 0 amide bonds. The number of hydrogen-bond acceptors (Lipinski definition) is 6. The first-order valence-electron chi connectivity index (χ1n) is 11.8. The molecule has 10 heteroatoms. The molecule has 0 aromatic heterocycles. The van der Waals surface area contributed by atoms with Gasteiger partial charge in [-0.05, 0) is 0 Å². The maximum Gasteiger partial charge on any atom is 0.187 e. The van der Waals surface area contributed by atoms with Crippen LogP contribution in [-0.4, -0.2) is 78.8 Å². The van der Waals surface area contributed by atoms with E-state index < -0.39 is 44.4 Å². The number of aliphatic carboxylic acids is 1. The first-order chi connectivity index (χ1) is 14.5. The van der Waals surface area contributed by atoms with Crippen molar-refractivity contribution in [3.05, 3.63) is 0 Å². The Morgan fingerprint density at radius 2 is 0.844 bits per heavy atom. The second-order valence-electron chi connectivity index (χ2n) is 8.04. The van der Waals surface area contributed by atoms with Crippen molar-refractivity contribution in [3.63, 3.8) is 0 Å². The van der Waals surface area contributed by atoms with Gasteiger partial charge in [-0.15, -0.1) is 0 Å². The molecular weight excluding hydrogens is 641 g/mol. The van der Waals surface area contributed by atoms with Gasteiger partial charge in [-0.3, -0.25) is 4.79 Å². The van der Waals surface area contributed by atoms with Crippen molar-refractivity contribution in [2.75, 3.05) is 0 Å². The van der Waals surface area contributed by atoms with Gasteiger partial charge in [0.05, 0.1) is 0 Å². The van der Waals surface area contributed by atoms with Gasteiger partial charge in [0, 0.05) is 6.92 Å².